The van der Waals surface area contributed by atoms with E-state index in [9.17, 15) is 0 Å². The third-order valence-electron chi connectivity index (χ3n) is 3.18. The van der Waals surface area contributed by atoms with Crippen LogP contribution in [0.15, 0.2) is 30.3 Å². The molecule has 1 heteroatoms. The first-order valence-corrected chi connectivity index (χ1v) is 5.26. The highest BCUT2D eigenvalue weighted by atomic mass is 14.9. The van der Waals surface area contributed by atoms with Gasteiger partial charge in [-0.3, -0.25) is 0 Å². The highest BCUT2D eigenvalue weighted by Crippen LogP contribution is 2.20. The second kappa shape index (κ2) is 3.93. The summed E-state index contributed by atoms with van der Waals surface area (Å²) in [6.45, 7) is 3.67. The van der Waals surface area contributed by atoms with Crippen molar-refractivity contribution in [3.63, 3.8) is 0 Å². The lowest BCUT2D eigenvalue weighted by molar-refractivity contribution is -0.672. The van der Waals surface area contributed by atoms with Gasteiger partial charge in [-0.05, 0) is 5.56 Å². The zero-order chi connectivity index (χ0) is 9.10. The Labute approximate surface area is 80.2 Å². The Bertz CT molecular complexity index is 249. The van der Waals surface area contributed by atoms with Crippen LogP contribution in [0, 0.1) is 0 Å². The van der Waals surface area contributed by atoms with E-state index in [-0.39, 0.29) is 0 Å². The van der Waals surface area contributed by atoms with Gasteiger partial charge in [0, 0.05) is 18.8 Å². The van der Waals surface area contributed by atoms with Crippen molar-refractivity contribution in [1.82, 2.24) is 0 Å². The van der Waals surface area contributed by atoms with Gasteiger partial charge in [0.05, 0.1) is 12.6 Å². The molecule has 1 aliphatic rings. The molecule has 1 aliphatic heterocycles. The predicted molar refractivity (Wildman–Crippen MR) is 54.7 cm³/mol. The van der Waals surface area contributed by atoms with Gasteiger partial charge in [0.1, 0.15) is 0 Å². The zero-order valence-corrected chi connectivity index (χ0v) is 8.24. The van der Waals surface area contributed by atoms with Crippen molar-refractivity contribution in [2.75, 3.05) is 6.54 Å². The minimum atomic E-state index is 0.712. The first kappa shape index (κ1) is 8.76. The number of rotatable bonds is 2. The smallest absolute Gasteiger partial charge is 0.0927 e. The first-order valence-electron chi connectivity index (χ1n) is 5.26. The van der Waals surface area contributed by atoms with Crippen molar-refractivity contribution in [1.29, 1.82) is 0 Å². The standard InChI is InChI=1S/C12H17N/c1-10(12-8-5-9-13-12)11-6-3-2-4-7-11/h2-4,6-7,10,12-13H,5,8-9H2,1H3/p+1. The molecule has 70 valence electrons. The average Bonchev–Trinajstić information content (AvgIpc) is 2.71. The predicted octanol–water partition coefficient (Wildman–Crippen LogP) is 1.52. The molecule has 2 N–H and O–H groups in total. The SMILES string of the molecule is CC(c1ccccc1)C1CCC[NH2+]1. The van der Waals surface area contributed by atoms with E-state index in [0.29, 0.717) is 5.92 Å². The maximum atomic E-state index is 2.50. The van der Waals surface area contributed by atoms with Gasteiger partial charge in [-0.15, -0.1) is 0 Å². The maximum absolute atomic E-state index is 2.50. The summed E-state index contributed by atoms with van der Waals surface area (Å²) in [4.78, 5) is 0. The van der Waals surface area contributed by atoms with Crippen LogP contribution in [0.3, 0.4) is 0 Å². The fraction of sp³-hybridized carbons (Fsp3) is 0.500. The number of hydrogen-bond donors (Lipinski definition) is 1. The van der Waals surface area contributed by atoms with Gasteiger partial charge < -0.3 is 5.32 Å². The summed E-state index contributed by atoms with van der Waals surface area (Å²) in [5, 5.41) is 2.50. The number of nitrogens with two attached hydrogens (primary N) is 1. The second-order valence-corrected chi connectivity index (χ2v) is 4.03. The molecule has 13 heavy (non-hydrogen) atoms. The molecule has 0 radical (unpaired) electrons. The highest BCUT2D eigenvalue weighted by molar-refractivity contribution is 5.19. The van der Waals surface area contributed by atoms with Gasteiger partial charge in [0.2, 0.25) is 0 Å². The summed E-state index contributed by atoms with van der Waals surface area (Å²) < 4.78 is 0. The molecule has 1 saturated heterocycles. The number of quaternary nitrogens is 1. The summed E-state index contributed by atoms with van der Waals surface area (Å²) in [7, 11) is 0. The van der Waals surface area contributed by atoms with Gasteiger partial charge >= 0.3 is 0 Å². The Morgan fingerprint density at radius 2 is 2.08 bits per heavy atom. The molecule has 0 bridgehead atoms. The molecule has 0 amide bonds. The van der Waals surface area contributed by atoms with E-state index in [1.54, 1.807) is 0 Å². The first-order chi connectivity index (χ1) is 6.38. The van der Waals surface area contributed by atoms with E-state index in [0.717, 1.165) is 6.04 Å². The third-order valence-corrected chi connectivity index (χ3v) is 3.18. The molecule has 0 saturated carbocycles. The normalized spacial score (nSPS) is 24.5. The fourth-order valence-electron chi connectivity index (χ4n) is 2.26. The Kier molecular flexibility index (Phi) is 2.65. The highest BCUT2D eigenvalue weighted by Gasteiger charge is 2.25. The molecule has 0 aliphatic carbocycles. The third kappa shape index (κ3) is 1.92. The van der Waals surface area contributed by atoms with Crippen LogP contribution >= 0.6 is 0 Å². The van der Waals surface area contributed by atoms with Crippen LogP contribution in [0.4, 0.5) is 0 Å². The quantitative estimate of drug-likeness (QED) is 0.703. The summed E-state index contributed by atoms with van der Waals surface area (Å²) in [5.74, 6) is 0.712. The molecular formula is C12H18N+. The van der Waals surface area contributed by atoms with Crippen LogP contribution in [0.5, 0.6) is 0 Å². The van der Waals surface area contributed by atoms with Crippen LogP contribution in [-0.4, -0.2) is 12.6 Å². The minimum absolute atomic E-state index is 0.712. The maximum Gasteiger partial charge on any atom is 0.0927 e. The molecule has 1 nitrogen and oxygen atoms in total. The molecule has 2 unspecified atom stereocenters. The molecule has 0 aromatic heterocycles. The van der Waals surface area contributed by atoms with Crippen molar-refractivity contribution in [2.24, 2.45) is 0 Å². The lowest BCUT2D eigenvalue weighted by Crippen LogP contribution is -2.87. The van der Waals surface area contributed by atoms with E-state index < -0.39 is 0 Å². The number of hydrogen-bond acceptors (Lipinski definition) is 0. The Balaban J connectivity index is 2.08. The molecule has 1 heterocycles. The van der Waals surface area contributed by atoms with E-state index >= 15 is 0 Å². The van der Waals surface area contributed by atoms with Crippen LogP contribution in [0.1, 0.15) is 31.2 Å². The fourth-order valence-corrected chi connectivity index (χ4v) is 2.26. The van der Waals surface area contributed by atoms with E-state index in [4.69, 9.17) is 0 Å². The topological polar surface area (TPSA) is 16.6 Å². The molecule has 2 atom stereocenters. The molecule has 0 spiro atoms. The molecular weight excluding hydrogens is 158 g/mol. The van der Waals surface area contributed by atoms with Crippen LogP contribution < -0.4 is 5.32 Å². The number of benzene rings is 1. The lowest BCUT2D eigenvalue weighted by Gasteiger charge is -2.16. The van der Waals surface area contributed by atoms with E-state index in [2.05, 4.69) is 42.6 Å². The van der Waals surface area contributed by atoms with Crippen molar-refractivity contribution >= 4 is 0 Å². The van der Waals surface area contributed by atoms with E-state index in [1.165, 1.54) is 24.9 Å². The minimum Gasteiger partial charge on any atom is -0.343 e. The zero-order valence-electron chi connectivity index (χ0n) is 8.24. The van der Waals surface area contributed by atoms with Crippen LogP contribution in [-0.2, 0) is 0 Å². The van der Waals surface area contributed by atoms with Gasteiger partial charge in [-0.25, -0.2) is 0 Å². The van der Waals surface area contributed by atoms with Gasteiger partial charge in [0.25, 0.3) is 0 Å². The Hall–Kier alpha value is -0.820. The molecule has 2 rings (SSSR count). The monoisotopic (exact) mass is 176 g/mol. The van der Waals surface area contributed by atoms with Crippen molar-refractivity contribution < 1.29 is 5.32 Å². The summed E-state index contributed by atoms with van der Waals surface area (Å²) in [6.07, 6.45) is 2.78. The van der Waals surface area contributed by atoms with Crippen LogP contribution in [0.2, 0.25) is 0 Å². The van der Waals surface area contributed by atoms with Gasteiger partial charge in [-0.1, -0.05) is 37.3 Å². The Morgan fingerprint density at radius 1 is 1.31 bits per heavy atom. The van der Waals surface area contributed by atoms with Crippen LogP contribution in [0.25, 0.3) is 0 Å². The largest absolute Gasteiger partial charge is 0.343 e. The van der Waals surface area contributed by atoms with Crippen molar-refractivity contribution in [2.45, 2.75) is 31.7 Å². The van der Waals surface area contributed by atoms with Crippen molar-refractivity contribution in [3.05, 3.63) is 35.9 Å². The molecule has 1 aromatic carbocycles. The Morgan fingerprint density at radius 3 is 2.69 bits per heavy atom. The summed E-state index contributed by atoms with van der Waals surface area (Å²) in [6, 6.07) is 11.7. The average molecular weight is 176 g/mol. The van der Waals surface area contributed by atoms with Gasteiger partial charge in [0.15, 0.2) is 0 Å². The lowest BCUT2D eigenvalue weighted by atomic mass is 9.92. The summed E-state index contributed by atoms with van der Waals surface area (Å²) >= 11 is 0. The van der Waals surface area contributed by atoms with Gasteiger partial charge in [-0.2, -0.15) is 0 Å². The summed E-state index contributed by atoms with van der Waals surface area (Å²) in [5.41, 5.74) is 1.49. The van der Waals surface area contributed by atoms with Crippen molar-refractivity contribution in [3.8, 4) is 0 Å². The molecule has 1 aromatic rings. The second-order valence-electron chi connectivity index (χ2n) is 4.03. The molecule has 1 fully saturated rings. The van der Waals surface area contributed by atoms with E-state index in [1.807, 2.05) is 0 Å².